The smallest absolute Gasteiger partial charge is 0.328 e. The maximum Gasteiger partial charge on any atom is 0.328 e. The van der Waals surface area contributed by atoms with E-state index < -0.39 is 6.04 Å². The third-order valence-corrected chi connectivity index (χ3v) is 3.98. The Hall–Kier alpha value is -1.20. The molecule has 1 N–H and O–H groups in total. The van der Waals surface area contributed by atoms with Gasteiger partial charge >= 0.3 is 5.97 Å². The van der Waals surface area contributed by atoms with E-state index in [9.17, 15) is 9.59 Å². The van der Waals surface area contributed by atoms with Crippen LogP contribution >= 0.6 is 23.4 Å². The van der Waals surface area contributed by atoms with Crippen LogP contribution in [0.3, 0.4) is 0 Å². The van der Waals surface area contributed by atoms with E-state index in [0.717, 1.165) is 4.90 Å². The quantitative estimate of drug-likeness (QED) is 0.678. The topological polar surface area (TPSA) is 55.4 Å². The van der Waals surface area contributed by atoms with Crippen molar-refractivity contribution < 1.29 is 14.3 Å². The van der Waals surface area contributed by atoms with Gasteiger partial charge in [0.25, 0.3) is 0 Å². The average molecular weight is 286 g/mol. The van der Waals surface area contributed by atoms with Gasteiger partial charge in [0.15, 0.2) is 0 Å². The van der Waals surface area contributed by atoms with Crippen molar-refractivity contribution in [2.75, 3.05) is 12.4 Å². The van der Waals surface area contributed by atoms with Crippen molar-refractivity contribution >= 4 is 35.2 Å². The molecule has 1 aliphatic rings. The van der Waals surface area contributed by atoms with E-state index in [1.807, 2.05) is 18.2 Å². The predicted octanol–water partition coefficient (Wildman–Crippen LogP) is 1.86. The molecule has 0 aromatic heterocycles. The lowest BCUT2D eigenvalue weighted by molar-refractivity contribution is -0.141. The number of amides is 1. The first kappa shape index (κ1) is 13.2. The van der Waals surface area contributed by atoms with Gasteiger partial charge in [-0.3, -0.25) is 4.79 Å². The van der Waals surface area contributed by atoms with E-state index in [1.54, 1.807) is 6.07 Å². The summed E-state index contributed by atoms with van der Waals surface area (Å²) in [6.45, 7) is 0.376. The number of thioether (sulfide) groups is 1. The zero-order valence-electron chi connectivity index (χ0n) is 9.52. The second-order valence-electron chi connectivity index (χ2n) is 3.80. The summed E-state index contributed by atoms with van der Waals surface area (Å²) in [5.41, 5.74) is 0. The van der Waals surface area contributed by atoms with Crippen LogP contribution < -0.4 is 5.32 Å². The molecule has 1 aromatic rings. The van der Waals surface area contributed by atoms with Gasteiger partial charge in [0.05, 0.1) is 17.4 Å². The maximum atomic E-state index is 11.6. The monoisotopic (exact) mass is 285 g/mol. The molecule has 1 saturated heterocycles. The Kier molecular flexibility index (Phi) is 4.49. The summed E-state index contributed by atoms with van der Waals surface area (Å²) in [7, 11) is 0. The molecule has 0 radical (unpaired) electrons. The predicted molar refractivity (Wildman–Crippen MR) is 69.7 cm³/mol. The Morgan fingerprint density at radius 2 is 2.28 bits per heavy atom. The molecule has 18 heavy (non-hydrogen) atoms. The van der Waals surface area contributed by atoms with E-state index in [1.165, 1.54) is 11.8 Å². The Labute approximate surface area is 114 Å². The summed E-state index contributed by atoms with van der Waals surface area (Å²) in [4.78, 5) is 23.7. The summed E-state index contributed by atoms with van der Waals surface area (Å²) in [6, 6.07) is 6.83. The van der Waals surface area contributed by atoms with Crippen molar-refractivity contribution in [3.8, 4) is 0 Å². The van der Waals surface area contributed by atoms with E-state index in [0.29, 0.717) is 18.1 Å². The summed E-state index contributed by atoms with van der Waals surface area (Å²) in [5, 5.41) is 3.26. The first-order valence-electron chi connectivity index (χ1n) is 5.50. The highest BCUT2D eigenvalue weighted by Crippen LogP contribution is 2.26. The third kappa shape index (κ3) is 3.40. The highest BCUT2D eigenvalue weighted by atomic mass is 35.5. The number of halogens is 1. The lowest BCUT2D eigenvalue weighted by Crippen LogP contribution is -2.38. The molecule has 1 heterocycles. The van der Waals surface area contributed by atoms with E-state index in [-0.39, 0.29) is 17.6 Å². The number of hydrogen-bond acceptors (Lipinski definition) is 4. The third-order valence-electron chi connectivity index (χ3n) is 2.47. The molecule has 0 saturated carbocycles. The van der Waals surface area contributed by atoms with Crippen molar-refractivity contribution in [2.24, 2.45) is 0 Å². The molecule has 0 spiro atoms. The summed E-state index contributed by atoms with van der Waals surface area (Å²) in [5.74, 6) is -0.317. The van der Waals surface area contributed by atoms with Crippen LogP contribution in [-0.4, -0.2) is 30.3 Å². The number of ether oxygens (including phenoxy) is 1. The van der Waals surface area contributed by atoms with Crippen LogP contribution in [-0.2, 0) is 14.3 Å². The minimum absolute atomic E-state index is 0.191. The molecule has 96 valence electrons. The molecule has 0 unspecified atom stereocenters. The molecular formula is C12H12ClNO3S. The molecule has 1 atom stereocenters. The van der Waals surface area contributed by atoms with Gasteiger partial charge < -0.3 is 10.1 Å². The minimum Gasteiger partial charge on any atom is -0.464 e. The number of benzene rings is 1. The van der Waals surface area contributed by atoms with Crippen LogP contribution in [0.1, 0.15) is 6.42 Å². The van der Waals surface area contributed by atoms with Crippen LogP contribution in [0.25, 0.3) is 0 Å². The van der Waals surface area contributed by atoms with Crippen LogP contribution in [0.5, 0.6) is 0 Å². The zero-order chi connectivity index (χ0) is 13.0. The van der Waals surface area contributed by atoms with Crippen LogP contribution in [0, 0.1) is 0 Å². The molecule has 1 aromatic carbocycles. The van der Waals surface area contributed by atoms with Crippen LogP contribution in [0.15, 0.2) is 29.2 Å². The lowest BCUT2D eigenvalue weighted by atomic mass is 10.2. The highest BCUT2D eigenvalue weighted by Gasteiger charge is 2.27. The molecule has 0 bridgehead atoms. The summed E-state index contributed by atoms with van der Waals surface area (Å²) in [6.07, 6.45) is 0.543. The normalized spacial score (nSPS) is 18.5. The Morgan fingerprint density at radius 3 is 2.94 bits per heavy atom. The van der Waals surface area contributed by atoms with Gasteiger partial charge in [-0.15, -0.1) is 11.8 Å². The van der Waals surface area contributed by atoms with Gasteiger partial charge in [-0.25, -0.2) is 4.79 Å². The van der Waals surface area contributed by atoms with Crippen molar-refractivity contribution in [1.82, 2.24) is 5.32 Å². The Balaban J connectivity index is 1.82. The summed E-state index contributed by atoms with van der Waals surface area (Å²) < 4.78 is 4.77. The molecule has 4 nitrogen and oxygen atoms in total. The number of carbonyl (C=O) groups is 2. The van der Waals surface area contributed by atoms with Gasteiger partial charge in [0.2, 0.25) is 5.91 Å². The van der Waals surface area contributed by atoms with Crippen molar-refractivity contribution in [2.45, 2.75) is 17.4 Å². The molecular weight excluding hydrogens is 274 g/mol. The van der Waals surface area contributed by atoms with Crippen molar-refractivity contribution in [3.05, 3.63) is 29.3 Å². The molecule has 1 fully saturated rings. The zero-order valence-corrected chi connectivity index (χ0v) is 11.1. The largest absolute Gasteiger partial charge is 0.464 e. The number of nitrogens with one attached hydrogen (secondary N) is 1. The first-order chi connectivity index (χ1) is 8.66. The fraction of sp³-hybridized carbons (Fsp3) is 0.333. The van der Waals surface area contributed by atoms with Gasteiger partial charge in [0.1, 0.15) is 6.04 Å². The fourth-order valence-corrected chi connectivity index (χ4v) is 2.62. The fourth-order valence-electron chi connectivity index (χ4n) is 1.57. The standard InChI is InChI=1S/C12H12ClNO3S/c13-8-3-1-2-4-10(8)18-7-11(15)14-9-5-6-17-12(9)16/h1-4,9H,5-7H2,(H,14,15)/t9-/m0/s1. The Bertz CT molecular complexity index is 466. The lowest BCUT2D eigenvalue weighted by Gasteiger charge is -2.08. The van der Waals surface area contributed by atoms with Gasteiger partial charge in [-0.05, 0) is 12.1 Å². The highest BCUT2D eigenvalue weighted by molar-refractivity contribution is 8.00. The second kappa shape index (κ2) is 6.11. The number of cyclic esters (lactones) is 1. The number of hydrogen-bond donors (Lipinski definition) is 1. The molecule has 2 rings (SSSR count). The van der Waals surface area contributed by atoms with Crippen molar-refractivity contribution in [3.63, 3.8) is 0 Å². The maximum absolute atomic E-state index is 11.6. The van der Waals surface area contributed by atoms with Crippen LogP contribution in [0.2, 0.25) is 5.02 Å². The average Bonchev–Trinajstić information content (AvgIpc) is 2.74. The first-order valence-corrected chi connectivity index (χ1v) is 6.86. The SMILES string of the molecule is O=C(CSc1ccccc1Cl)N[C@H]1CCOC1=O. The van der Waals surface area contributed by atoms with Gasteiger partial charge in [-0.2, -0.15) is 0 Å². The second-order valence-corrected chi connectivity index (χ2v) is 5.22. The number of esters is 1. The number of rotatable bonds is 4. The molecule has 6 heteroatoms. The van der Waals surface area contributed by atoms with E-state index in [4.69, 9.17) is 16.3 Å². The van der Waals surface area contributed by atoms with E-state index >= 15 is 0 Å². The van der Waals surface area contributed by atoms with E-state index in [2.05, 4.69) is 5.32 Å². The molecule has 1 aliphatic heterocycles. The number of carbonyl (C=O) groups excluding carboxylic acids is 2. The Morgan fingerprint density at radius 1 is 1.50 bits per heavy atom. The summed E-state index contributed by atoms with van der Waals surface area (Å²) >= 11 is 7.32. The van der Waals surface area contributed by atoms with Gasteiger partial charge in [-0.1, -0.05) is 23.7 Å². The molecule has 1 amide bonds. The molecule has 0 aliphatic carbocycles. The van der Waals surface area contributed by atoms with Crippen LogP contribution in [0.4, 0.5) is 0 Å². The van der Waals surface area contributed by atoms with Crippen molar-refractivity contribution in [1.29, 1.82) is 0 Å². The van der Waals surface area contributed by atoms with Gasteiger partial charge in [0, 0.05) is 11.3 Å². The minimum atomic E-state index is -0.496.